The topological polar surface area (TPSA) is 20.3 Å². The van der Waals surface area contributed by atoms with E-state index in [1.54, 1.807) is 0 Å². The highest BCUT2D eigenvalue weighted by molar-refractivity contribution is 6.88. The third-order valence-corrected chi connectivity index (χ3v) is 7.18. The van der Waals surface area contributed by atoms with Gasteiger partial charge in [0.25, 0.3) is 0 Å². The molecule has 3 aromatic rings. The van der Waals surface area contributed by atoms with E-state index < -0.39 is 8.07 Å². The van der Waals surface area contributed by atoms with Gasteiger partial charge in [0, 0.05) is 5.69 Å². The lowest BCUT2D eigenvalue weighted by Gasteiger charge is -2.33. The predicted molar refractivity (Wildman–Crippen MR) is 122 cm³/mol. The lowest BCUT2D eigenvalue weighted by atomic mass is 9.96. The van der Waals surface area contributed by atoms with Crippen molar-refractivity contribution in [3.63, 3.8) is 0 Å². The van der Waals surface area contributed by atoms with E-state index in [4.69, 9.17) is 11.6 Å². The van der Waals surface area contributed by atoms with Gasteiger partial charge in [-0.3, -0.25) is 9.69 Å². The molecule has 2 nitrogen and oxygen atoms in total. The Bertz CT molecular complexity index is 865. The largest absolute Gasteiger partial charge is 0.300 e. The number of hydrogen-bond donors (Lipinski definition) is 0. The number of amides is 1. The first-order valence-corrected chi connectivity index (χ1v) is 13.5. The Morgan fingerprint density at radius 1 is 0.821 bits per heavy atom. The van der Waals surface area contributed by atoms with Crippen LogP contribution < -0.4 is 10.1 Å². The van der Waals surface area contributed by atoms with E-state index in [1.807, 2.05) is 41.3 Å². The minimum Gasteiger partial charge on any atom is -0.300 e. The molecule has 1 amide bonds. The van der Waals surface area contributed by atoms with Crippen molar-refractivity contribution >= 4 is 36.5 Å². The molecular formula is C24H26ClNOSi. The maximum absolute atomic E-state index is 13.0. The van der Waals surface area contributed by atoms with Crippen LogP contribution in [0.2, 0.25) is 19.6 Å². The fourth-order valence-electron chi connectivity index (χ4n) is 3.38. The SMILES string of the molecule is C[Si](C)(C)c1ccc(N(C(=O)CCl)C(c2ccccc2)c2ccccc2)cc1. The van der Waals surface area contributed by atoms with Gasteiger partial charge in [0.1, 0.15) is 5.88 Å². The zero-order valence-corrected chi connectivity index (χ0v) is 18.4. The third kappa shape index (κ3) is 4.54. The number of anilines is 1. The molecule has 0 bridgehead atoms. The Hall–Kier alpha value is -2.36. The van der Waals surface area contributed by atoms with Crippen LogP contribution in [-0.4, -0.2) is 19.9 Å². The molecule has 0 saturated carbocycles. The molecule has 3 rings (SSSR count). The van der Waals surface area contributed by atoms with Crippen LogP contribution in [-0.2, 0) is 4.79 Å². The number of hydrogen-bond acceptors (Lipinski definition) is 1. The van der Waals surface area contributed by atoms with Crippen molar-refractivity contribution < 1.29 is 4.79 Å². The fraction of sp³-hybridized carbons (Fsp3) is 0.208. The van der Waals surface area contributed by atoms with Crippen molar-refractivity contribution in [2.45, 2.75) is 25.7 Å². The summed E-state index contributed by atoms with van der Waals surface area (Å²) in [7, 11) is -1.41. The summed E-state index contributed by atoms with van der Waals surface area (Å²) >= 11 is 6.04. The number of carbonyl (C=O) groups excluding carboxylic acids is 1. The molecule has 0 aliphatic carbocycles. The highest BCUT2D eigenvalue weighted by atomic mass is 35.5. The van der Waals surface area contributed by atoms with Gasteiger partial charge in [-0.25, -0.2) is 0 Å². The second-order valence-corrected chi connectivity index (χ2v) is 13.3. The van der Waals surface area contributed by atoms with Crippen LogP contribution in [0.4, 0.5) is 5.69 Å². The standard InChI is InChI=1S/C24H26ClNOSi/c1-28(2,3)22-16-14-21(15-17-22)26(23(27)18-25)24(19-10-6-4-7-11-19)20-12-8-5-9-13-20/h4-17,24H,18H2,1-3H3. The van der Waals surface area contributed by atoms with Crippen molar-refractivity contribution in [2.24, 2.45) is 0 Å². The summed E-state index contributed by atoms with van der Waals surface area (Å²) in [6.45, 7) is 6.96. The van der Waals surface area contributed by atoms with E-state index in [-0.39, 0.29) is 17.8 Å². The van der Waals surface area contributed by atoms with Crippen molar-refractivity contribution in [1.29, 1.82) is 0 Å². The van der Waals surface area contributed by atoms with E-state index in [0.29, 0.717) is 0 Å². The van der Waals surface area contributed by atoms with Gasteiger partial charge in [0.15, 0.2) is 0 Å². The average molecular weight is 408 g/mol. The van der Waals surface area contributed by atoms with Gasteiger partial charge in [-0.2, -0.15) is 0 Å². The highest BCUT2D eigenvalue weighted by Crippen LogP contribution is 2.33. The van der Waals surface area contributed by atoms with Crippen molar-refractivity contribution in [2.75, 3.05) is 10.8 Å². The molecule has 0 fully saturated rings. The van der Waals surface area contributed by atoms with Crippen molar-refractivity contribution in [1.82, 2.24) is 0 Å². The molecule has 0 radical (unpaired) electrons. The van der Waals surface area contributed by atoms with Crippen LogP contribution in [0.25, 0.3) is 0 Å². The summed E-state index contributed by atoms with van der Waals surface area (Å²) in [5, 5.41) is 1.37. The molecule has 0 aromatic heterocycles. The molecular weight excluding hydrogens is 382 g/mol. The summed E-state index contributed by atoms with van der Waals surface area (Å²) in [4.78, 5) is 14.8. The smallest absolute Gasteiger partial charge is 0.242 e. The molecule has 0 N–H and O–H groups in total. The lowest BCUT2D eigenvalue weighted by molar-refractivity contribution is -0.116. The van der Waals surface area contributed by atoms with E-state index in [0.717, 1.165) is 16.8 Å². The van der Waals surface area contributed by atoms with Crippen LogP contribution in [0.1, 0.15) is 17.2 Å². The highest BCUT2D eigenvalue weighted by Gasteiger charge is 2.28. The summed E-state index contributed by atoms with van der Waals surface area (Å²) in [5.41, 5.74) is 2.98. The Labute approximate surface area is 173 Å². The van der Waals surface area contributed by atoms with Crippen LogP contribution in [0.3, 0.4) is 0 Å². The molecule has 144 valence electrons. The quantitative estimate of drug-likeness (QED) is 0.385. The molecule has 0 heterocycles. The molecule has 0 aliphatic heterocycles. The number of halogens is 1. The normalized spacial score (nSPS) is 11.5. The summed E-state index contributed by atoms with van der Waals surface area (Å²) < 4.78 is 0. The second kappa shape index (κ2) is 8.76. The maximum Gasteiger partial charge on any atom is 0.242 e. The van der Waals surface area contributed by atoms with Crippen molar-refractivity contribution in [3.8, 4) is 0 Å². The number of benzene rings is 3. The average Bonchev–Trinajstić information content (AvgIpc) is 2.72. The lowest BCUT2D eigenvalue weighted by Crippen LogP contribution is -2.39. The molecule has 28 heavy (non-hydrogen) atoms. The zero-order chi connectivity index (χ0) is 20.1. The summed E-state index contributed by atoms with van der Waals surface area (Å²) in [6, 6.07) is 28.4. The molecule has 0 atom stereocenters. The van der Waals surface area contributed by atoms with Crippen LogP contribution >= 0.6 is 11.6 Å². The van der Waals surface area contributed by atoms with E-state index in [9.17, 15) is 4.79 Å². The maximum atomic E-state index is 13.0. The summed E-state index contributed by atoms with van der Waals surface area (Å²) in [5.74, 6) is -0.175. The third-order valence-electron chi connectivity index (χ3n) is 4.88. The zero-order valence-electron chi connectivity index (χ0n) is 16.6. The minimum atomic E-state index is -1.41. The molecule has 0 spiro atoms. The van der Waals surface area contributed by atoms with Gasteiger partial charge < -0.3 is 0 Å². The Morgan fingerprint density at radius 3 is 1.68 bits per heavy atom. The van der Waals surface area contributed by atoms with E-state index in [2.05, 4.69) is 68.2 Å². The molecule has 3 aromatic carbocycles. The fourth-order valence-corrected chi connectivity index (χ4v) is 4.68. The predicted octanol–water partition coefficient (Wildman–Crippen LogP) is 5.59. The van der Waals surface area contributed by atoms with Gasteiger partial charge in [0.2, 0.25) is 5.91 Å². The molecule has 0 aliphatic rings. The molecule has 0 saturated heterocycles. The first kappa shape index (κ1) is 20.4. The monoisotopic (exact) mass is 407 g/mol. The van der Waals surface area contributed by atoms with Gasteiger partial charge in [-0.1, -0.05) is 97.6 Å². The Kier molecular flexibility index (Phi) is 6.37. The molecule has 4 heteroatoms. The van der Waals surface area contributed by atoms with Gasteiger partial charge in [-0.05, 0) is 23.3 Å². The van der Waals surface area contributed by atoms with Crippen LogP contribution in [0.15, 0.2) is 84.9 Å². The summed E-state index contributed by atoms with van der Waals surface area (Å²) in [6.07, 6.45) is 0. The Morgan fingerprint density at radius 2 is 1.29 bits per heavy atom. The number of alkyl halides is 1. The first-order chi connectivity index (χ1) is 13.4. The first-order valence-electron chi connectivity index (χ1n) is 9.50. The van der Waals surface area contributed by atoms with E-state index in [1.165, 1.54) is 5.19 Å². The number of carbonyl (C=O) groups is 1. The van der Waals surface area contributed by atoms with Crippen LogP contribution in [0, 0.1) is 0 Å². The van der Waals surface area contributed by atoms with Gasteiger partial charge in [-0.15, -0.1) is 11.6 Å². The minimum absolute atomic E-state index is 0.0636. The van der Waals surface area contributed by atoms with Gasteiger partial charge in [0.05, 0.1) is 14.1 Å². The van der Waals surface area contributed by atoms with Crippen LogP contribution in [0.5, 0.6) is 0 Å². The molecule has 0 unspecified atom stereocenters. The van der Waals surface area contributed by atoms with E-state index >= 15 is 0 Å². The second-order valence-electron chi connectivity index (χ2n) is 7.92. The number of nitrogens with zero attached hydrogens (tertiary/aromatic N) is 1. The van der Waals surface area contributed by atoms with Gasteiger partial charge >= 0.3 is 0 Å². The van der Waals surface area contributed by atoms with Crippen molar-refractivity contribution in [3.05, 3.63) is 96.1 Å². The Balaban J connectivity index is 2.13. The number of rotatable bonds is 6.